The average molecular weight is 173 g/mol. The molecule has 3 atom stereocenters. The van der Waals surface area contributed by atoms with E-state index in [0.717, 1.165) is 25.9 Å². The van der Waals surface area contributed by atoms with Crippen molar-refractivity contribution in [2.45, 2.75) is 44.4 Å². The maximum Gasteiger partial charge on any atom is 0.0851 e. The molecule has 1 saturated heterocycles. The van der Waals surface area contributed by atoms with Crippen LogP contribution < -0.4 is 5.73 Å². The van der Waals surface area contributed by atoms with Crippen molar-refractivity contribution >= 4 is 0 Å². The Balaban J connectivity index is 2.38. The van der Waals surface area contributed by atoms with Crippen molar-refractivity contribution in [3.8, 4) is 0 Å². The van der Waals surface area contributed by atoms with E-state index in [1.807, 2.05) is 0 Å². The number of rotatable bonds is 3. The van der Waals surface area contributed by atoms with Gasteiger partial charge in [-0.2, -0.15) is 0 Å². The van der Waals surface area contributed by atoms with Crippen molar-refractivity contribution in [1.29, 1.82) is 0 Å². The molecule has 1 aliphatic heterocycles. The number of hydrogen-bond donors (Lipinski definition) is 1. The van der Waals surface area contributed by atoms with Crippen LogP contribution in [0.25, 0.3) is 0 Å². The standard InChI is InChI=1S/C9H19NO2/c1-3-8(11-2)9-6-7(10)4-5-12-9/h7-9H,3-6,10H2,1-2H3. The molecule has 0 aromatic rings. The normalized spacial score (nSPS) is 33.2. The largest absolute Gasteiger partial charge is 0.379 e. The van der Waals surface area contributed by atoms with Crippen LogP contribution in [0.2, 0.25) is 0 Å². The lowest BCUT2D eigenvalue weighted by Gasteiger charge is -2.31. The highest BCUT2D eigenvalue weighted by Crippen LogP contribution is 2.18. The molecule has 1 aliphatic rings. The first kappa shape index (κ1) is 9.96. The van der Waals surface area contributed by atoms with Gasteiger partial charge in [-0.3, -0.25) is 0 Å². The van der Waals surface area contributed by atoms with E-state index in [9.17, 15) is 0 Å². The molecule has 1 heterocycles. The van der Waals surface area contributed by atoms with E-state index in [2.05, 4.69) is 6.92 Å². The van der Waals surface area contributed by atoms with E-state index in [4.69, 9.17) is 15.2 Å². The second kappa shape index (κ2) is 4.80. The summed E-state index contributed by atoms with van der Waals surface area (Å²) in [6, 6.07) is 0.299. The van der Waals surface area contributed by atoms with Gasteiger partial charge in [0.25, 0.3) is 0 Å². The summed E-state index contributed by atoms with van der Waals surface area (Å²) in [6.45, 7) is 2.89. The number of nitrogens with two attached hydrogens (primary N) is 1. The summed E-state index contributed by atoms with van der Waals surface area (Å²) < 4.78 is 10.9. The lowest BCUT2D eigenvalue weighted by atomic mass is 9.99. The molecule has 0 aliphatic carbocycles. The molecule has 3 unspecified atom stereocenters. The second-order valence-corrected chi connectivity index (χ2v) is 3.38. The van der Waals surface area contributed by atoms with Gasteiger partial charge in [-0.15, -0.1) is 0 Å². The molecule has 3 nitrogen and oxygen atoms in total. The first-order chi connectivity index (χ1) is 5.77. The van der Waals surface area contributed by atoms with Gasteiger partial charge in [0, 0.05) is 19.8 Å². The summed E-state index contributed by atoms with van der Waals surface area (Å²) in [5.41, 5.74) is 5.84. The fourth-order valence-electron chi connectivity index (χ4n) is 1.70. The van der Waals surface area contributed by atoms with Crippen LogP contribution >= 0.6 is 0 Å². The van der Waals surface area contributed by atoms with Gasteiger partial charge in [-0.05, 0) is 19.3 Å². The fourth-order valence-corrected chi connectivity index (χ4v) is 1.70. The Morgan fingerprint density at radius 1 is 1.67 bits per heavy atom. The zero-order valence-corrected chi connectivity index (χ0v) is 7.95. The molecule has 0 radical (unpaired) electrons. The van der Waals surface area contributed by atoms with E-state index in [1.165, 1.54) is 0 Å². The minimum absolute atomic E-state index is 0.212. The summed E-state index contributed by atoms with van der Waals surface area (Å²) in [5.74, 6) is 0. The first-order valence-corrected chi connectivity index (χ1v) is 4.68. The summed E-state index contributed by atoms with van der Waals surface area (Å²) in [6.07, 6.45) is 3.34. The van der Waals surface area contributed by atoms with E-state index in [-0.39, 0.29) is 12.2 Å². The summed E-state index contributed by atoms with van der Waals surface area (Å²) >= 11 is 0. The maximum absolute atomic E-state index is 5.84. The molecule has 0 saturated carbocycles. The van der Waals surface area contributed by atoms with Crippen LogP contribution in [0.5, 0.6) is 0 Å². The number of ether oxygens (including phenoxy) is 2. The van der Waals surface area contributed by atoms with Gasteiger partial charge in [0.05, 0.1) is 12.2 Å². The molecule has 0 bridgehead atoms. The van der Waals surface area contributed by atoms with Crippen molar-refractivity contribution < 1.29 is 9.47 Å². The second-order valence-electron chi connectivity index (χ2n) is 3.38. The van der Waals surface area contributed by atoms with E-state index in [1.54, 1.807) is 7.11 Å². The van der Waals surface area contributed by atoms with Crippen LogP contribution in [0, 0.1) is 0 Å². The van der Waals surface area contributed by atoms with Gasteiger partial charge < -0.3 is 15.2 Å². The molecule has 0 amide bonds. The molecular weight excluding hydrogens is 154 g/mol. The minimum Gasteiger partial charge on any atom is -0.379 e. The SMILES string of the molecule is CCC(OC)C1CC(N)CCO1. The van der Waals surface area contributed by atoms with E-state index in [0.29, 0.717) is 6.04 Å². The van der Waals surface area contributed by atoms with Crippen molar-refractivity contribution in [3.05, 3.63) is 0 Å². The van der Waals surface area contributed by atoms with E-state index >= 15 is 0 Å². The smallest absolute Gasteiger partial charge is 0.0851 e. The zero-order chi connectivity index (χ0) is 8.97. The third-order valence-corrected chi connectivity index (χ3v) is 2.48. The highest BCUT2D eigenvalue weighted by Gasteiger charge is 2.26. The van der Waals surface area contributed by atoms with Crippen molar-refractivity contribution in [2.75, 3.05) is 13.7 Å². The Bertz CT molecular complexity index is 126. The van der Waals surface area contributed by atoms with Crippen LogP contribution in [0.3, 0.4) is 0 Å². The van der Waals surface area contributed by atoms with Gasteiger partial charge in [0.15, 0.2) is 0 Å². The van der Waals surface area contributed by atoms with Gasteiger partial charge >= 0.3 is 0 Å². The predicted octanol–water partition coefficient (Wildman–Crippen LogP) is 0.918. The molecule has 72 valence electrons. The van der Waals surface area contributed by atoms with Crippen LogP contribution in [-0.2, 0) is 9.47 Å². The summed E-state index contributed by atoms with van der Waals surface area (Å²) in [7, 11) is 1.73. The van der Waals surface area contributed by atoms with Crippen LogP contribution in [-0.4, -0.2) is 32.0 Å². The Morgan fingerprint density at radius 3 is 2.92 bits per heavy atom. The Labute approximate surface area is 74.2 Å². The number of methoxy groups -OCH3 is 1. The lowest BCUT2D eigenvalue weighted by Crippen LogP contribution is -2.41. The molecule has 3 heteroatoms. The lowest BCUT2D eigenvalue weighted by molar-refractivity contribution is -0.0827. The quantitative estimate of drug-likeness (QED) is 0.690. The van der Waals surface area contributed by atoms with Gasteiger partial charge in [-0.1, -0.05) is 6.92 Å². The summed E-state index contributed by atoms with van der Waals surface area (Å²) in [5, 5.41) is 0. The first-order valence-electron chi connectivity index (χ1n) is 4.68. The van der Waals surface area contributed by atoms with Crippen LogP contribution in [0.1, 0.15) is 26.2 Å². The van der Waals surface area contributed by atoms with Crippen LogP contribution in [0.4, 0.5) is 0 Å². The molecule has 0 aromatic carbocycles. The van der Waals surface area contributed by atoms with Crippen LogP contribution in [0.15, 0.2) is 0 Å². The third-order valence-electron chi connectivity index (χ3n) is 2.48. The molecule has 1 rings (SSSR count). The fraction of sp³-hybridized carbons (Fsp3) is 1.00. The molecule has 0 aromatic heterocycles. The average Bonchev–Trinajstić information content (AvgIpc) is 2.07. The van der Waals surface area contributed by atoms with Crippen molar-refractivity contribution in [3.63, 3.8) is 0 Å². The molecule has 12 heavy (non-hydrogen) atoms. The molecule has 0 spiro atoms. The Kier molecular flexibility index (Phi) is 3.98. The number of hydrogen-bond acceptors (Lipinski definition) is 3. The molecule has 1 fully saturated rings. The highest BCUT2D eigenvalue weighted by atomic mass is 16.5. The van der Waals surface area contributed by atoms with Gasteiger partial charge in [0.2, 0.25) is 0 Å². The van der Waals surface area contributed by atoms with Gasteiger partial charge in [-0.25, -0.2) is 0 Å². The van der Waals surface area contributed by atoms with Gasteiger partial charge in [0.1, 0.15) is 0 Å². The van der Waals surface area contributed by atoms with Crippen molar-refractivity contribution in [2.24, 2.45) is 5.73 Å². The zero-order valence-electron chi connectivity index (χ0n) is 7.95. The third kappa shape index (κ3) is 2.44. The highest BCUT2D eigenvalue weighted by molar-refractivity contribution is 4.79. The predicted molar refractivity (Wildman–Crippen MR) is 48.0 cm³/mol. The summed E-state index contributed by atoms with van der Waals surface area (Å²) in [4.78, 5) is 0. The molecule has 2 N–H and O–H groups in total. The Morgan fingerprint density at radius 2 is 2.42 bits per heavy atom. The minimum atomic E-state index is 0.212. The topological polar surface area (TPSA) is 44.5 Å². The maximum atomic E-state index is 5.84. The molecular formula is C9H19NO2. The van der Waals surface area contributed by atoms with E-state index < -0.39 is 0 Å². The monoisotopic (exact) mass is 173 g/mol. The Hall–Kier alpha value is -0.120. The van der Waals surface area contributed by atoms with Crippen molar-refractivity contribution in [1.82, 2.24) is 0 Å².